The SMILES string of the molecule is CCc1c(C(=O)OC)n(C)c2ccc(OC)c([N+](=O)[O-])c12. The molecular weight excluding hydrogens is 276 g/mol. The summed E-state index contributed by atoms with van der Waals surface area (Å²) in [6.45, 7) is 1.84. The zero-order valence-electron chi connectivity index (χ0n) is 12.3. The van der Waals surface area contributed by atoms with Crippen LogP contribution in [-0.4, -0.2) is 29.7 Å². The van der Waals surface area contributed by atoms with Crippen LogP contribution in [0.5, 0.6) is 5.75 Å². The number of fused-ring (bicyclic) bond motifs is 1. The minimum absolute atomic E-state index is 0.127. The van der Waals surface area contributed by atoms with E-state index in [1.54, 1.807) is 17.7 Å². The molecule has 0 saturated carbocycles. The van der Waals surface area contributed by atoms with E-state index in [1.165, 1.54) is 20.3 Å². The molecule has 0 atom stereocenters. The number of ether oxygens (including phenoxy) is 2. The molecule has 1 heterocycles. The smallest absolute Gasteiger partial charge is 0.354 e. The van der Waals surface area contributed by atoms with Crippen LogP contribution >= 0.6 is 0 Å². The first-order valence-electron chi connectivity index (χ1n) is 6.38. The van der Waals surface area contributed by atoms with E-state index < -0.39 is 10.9 Å². The molecule has 0 aliphatic carbocycles. The van der Waals surface area contributed by atoms with Gasteiger partial charge in [-0.2, -0.15) is 0 Å². The molecular formula is C14H16N2O5. The summed E-state index contributed by atoms with van der Waals surface area (Å²) in [5.74, 6) is -0.344. The van der Waals surface area contributed by atoms with Gasteiger partial charge in [-0.25, -0.2) is 4.79 Å². The molecule has 7 heteroatoms. The Morgan fingerprint density at radius 2 is 2.05 bits per heavy atom. The van der Waals surface area contributed by atoms with Gasteiger partial charge >= 0.3 is 11.7 Å². The van der Waals surface area contributed by atoms with Gasteiger partial charge in [-0.05, 0) is 24.1 Å². The number of hydrogen-bond donors (Lipinski definition) is 0. The fraction of sp³-hybridized carbons (Fsp3) is 0.357. The van der Waals surface area contributed by atoms with E-state index in [0.717, 1.165) is 0 Å². The number of carbonyl (C=O) groups excluding carboxylic acids is 1. The number of hydrogen-bond acceptors (Lipinski definition) is 5. The molecule has 0 aliphatic rings. The van der Waals surface area contributed by atoms with Gasteiger partial charge in [-0.3, -0.25) is 10.1 Å². The van der Waals surface area contributed by atoms with Crippen molar-refractivity contribution in [1.29, 1.82) is 0 Å². The number of aryl methyl sites for hydroxylation is 2. The molecule has 0 amide bonds. The second-order valence-corrected chi connectivity index (χ2v) is 4.50. The highest BCUT2D eigenvalue weighted by Crippen LogP contribution is 2.39. The van der Waals surface area contributed by atoms with Crippen LogP contribution in [0.4, 0.5) is 5.69 Å². The van der Waals surface area contributed by atoms with Crippen molar-refractivity contribution in [3.05, 3.63) is 33.5 Å². The van der Waals surface area contributed by atoms with E-state index in [1.807, 2.05) is 6.92 Å². The third-order valence-electron chi connectivity index (χ3n) is 3.54. The van der Waals surface area contributed by atoms with Crippen molar-refractivity contribution in [1.82, 2.24) is 4.57 Å². The van der Waals surface area contributed by atoms with Crippen molar-refractivity contribution in [2.24, 2.45) is 7.05 Å². The van der Waals surface area contributed by atoms with Crippen LogP contribution in [0.1, 0.15) is 23.0 Å². The highest BCUT2D eigenvalue weighted by molar-refractivity contribution is 6.03. The Labute approximate surface area is 121 Å². The average Bonchev–Trinajstić information content (AvgIpc) is 2.77. The van der Waals surface area contributed by atoms with Crippen LogP contribution in [0.15, 0.2) is 12.1 Å². The predicted molar refractivity (Wildman–Crippen MR) is 76.8 cm³/mol. The number of aromatic nitrogens is 1. The number of esters is 1. The first-order valence-corrected chi connectivity index (χ1v) is 6.38. The van der Waals surface area contributed by atoms with Crippen LogP contribution in [0, 0.1) is 10.1 Å². The molecule has 1 aromatic heterocycles. The second-order valence-electron chi connectivity index (χ2n) is 4.50. The lowest BCUT2D eigenvalue weighted by Crippen LogP contribution is -2.09. The number of nitrogens with zero attached hydrogens (tertiary/aromatic N) is 2. The molecule has 0 radical (unpaired) electrons. The van der Waals surface area contributed by atoms with Gasteiger partial charge in [0.15, 0.2) is 5.75 Å². The summed E-state index contributed by atoms with van der Waals surface area (Å²) in [6, 6.07) is 3.23. The van der Waals surface area contributed by atoms with E-state index in [0.29, 0.717) is 28.6 Å². The van der Waals surface area contributed by atoms with Gasteiger partial charge in [0.2, 0.25) is 0 Å². The van der Waals surface area contributed by atoms with Crippen LogP contribution in [0.25, 0.3) is 10.9 Å². The molecule has 0 spiro atoms. The van der Waals surface area contributed by atoms with Gasteiger partial charge in [0.05, 0.1) is 30.0 Å². The Balaban J connectivity index is 2.99. The van der Waals surface area contributed by atoms with Crippen LogP contribution in [0.3, 0.4) is 0 Å². The predicted octanol–water partition coefficient (Wildman–Crippen LogP) is 2.44. The standard InChI is InChI=1S/C14H16N2O5/c1-5-8-11-9(15(2)12(8)14(17)21-4)6-7-10(20-3)13(11)16(18)19/h6-7H,5H2,1-4H3. The molecule has 0 N–H and O–H groups in total. The third kappa shape index (κ3) is 2.10. The van der Waals surface area contributed by atoms with Gasteiger partial charge in [-0.15, -0.1) is 0 Å². The highest BCUT2D eigenvalue weighted by atomic mass is 16.6. The molecule has 21 heavy (non-hydrogen) atoms. The summed E-state index contributed by atoms with van der Waals surface area (Å²) in [5, 5.41) is 11.8. The number of nitro groups is 1. The van der Waals surface area contributed by atoms with Gasteiger partial charge in [0.1, 0.15) is 5.69 Å². The lowest BCUT2D eigenvalue weighted by atomic mass is 10.1. The van der Waals surface area contributed by atoms with E-state index in [4.69, 9.17) is 9.47 Å². The van der Waals surface area contributed by atoms with Gasteiger partial charge in [0.25, 0.3) is 0 Å². The lowest BCUT2D eigenvalue weighted by Gasteiger charge is -2.04. The Bertz CT molecular complexity index is 733. The summed E-state index contributed by atoms with van der Waals surface area (Å²) in [5.41, 5.74) is 1.38. The van der Waals surface area contributed by atoms with Gasteiger partial charge in [-0.1, -0.05) is 6.92 Å². The molecule has 2 rings (SSSR count). The number of methoxy groups -OCH3 is 2. The Morgan fingerprint density at radius 1 is 1.38 bits per heavy atom. The normalized spacial score (nSPS) is 10.7. The lowest BCUT2D eigenvalue weighted by molar-refractivity contribution is -0.384. The van der Waals surface area contributed by atoms with Crippen molar-refractivity contribution in [3.8, 4) is 5.75 Å². The van der Waals surface area contributed by atoms with E-state index in [9.17, 15) is 14.9 Å². The van der Waals surface area contributed by atoms with Crippen molar-refractivity contribution >= 4 is 22.6 Å². The fourth-order valence-corrected chi connectivity index (χ4v) is 2.63. The van der Waals surface area contributed by atoms with Crippen molar-refractivity contribution in [3.63, 3.8) is 0 Å². The van der Waals surface area contributed by atoms with Crippen molar-refractivity contribution in [2.75, 3.05) is 14.2 Å². The zero-order valence-corrected chi connectivity index (χ0v) is 12.3. The Morgan fingerprint density at radius 3 is 2.52 bits per heavy atom. The summed E-state index contributed by atoms with van der Waals surface area (Å²) in [7, 11) is 4.35. The van der Waals surface area contributed by atoms with E-state index in [2.05, 4.69) is 0 Å². The summed E-state index contributed by atoms with van der Waals surface area (Å²) in [4.78, 5) is 22.9. The summed E-state index contributed by atoms with van der Waals surface area (Å²) >= 11 is 0. The van der Waals surface area contributed by atoms with Gasteiger partial charge in [0, 0.05) is 7.05 Å². The first kappa shape index (κ1) is 14.8. The fourth-order valence-electron chi connectivity index (χ4n) is 2.63. The van der Waals surface area contributed by atoms with Crippen molar-refractivity contribution < 1.29 is 19.2 Å². The maximum atomic E-state index is 12.0. The number of benzene rings is 1. The van der Waals surface area contributed by atoms with E-state index >= 15 is 0 Å². The number of rotatable bonds is 4. The molecule has 0 unspecified atom stereocenters. The summed E-state index contributed by atoms with van der Waals surface area (Å²) in [6.07, 6.45) is 0.468. The van der Waals surface area contributed by atoms with Crippen LogP contribution in [-0.2, 0) is 18.2 Å². The number of nitro benzene ring substituents is 1. The molecule has 1 aromatic carbocycles. The summed E-state index contributed by atoms with van der Waals surface area (Å²) < 4.78 is 11.5. The first-order chi connectivity index (χ1) is 9.97. The average molecular weight is 292 g/mol. The Kier molecular flexibility index (Phi) is 3.84. The quantitative estimate of drug-likeness (QED) is 0.491. The third-order valence-corrected chi connectivity index (χ3v) is 3.54. The largest absolute Gasteiger partial charge is 0.490 e. The number of carbonyl (C=O) groups is 1. The molecule has 0 saturated heterocycles. The topological polar surface area (TPSA) is 83.6 Å². The van der Waals surface area contributed by atoms with Crippen LogP contribution < -0.4 is 4.74 Å². The highest BCUT2D eigenvalue weighted by Gasteiger charge is 2.29. The molecule has 112 valence electrons. The minimum atomic E-state index is -0.515. The molecule has 0 aliphatic heterocycles. The van der Waals surface area contributed by atoms with Crippen LogP contribution in [0.2, 0.25) is 0 Å². The Hall–Kier alpha value is -2.57. The van der Waals surface area contributed by atoms with Gasteiger partial charge < -0.3 is 14.0 Å². The van der Waals surface area contributed by atoms with Crippen molar-refractivity contribution in [2.45, 2.75) is 13.3 Å². The second kappa shape index (κ2) is 5.43. The molecule has 0 fully saturated rings. The molecule has 0 bridgehead atoms. The molecule has 2 aromatic rings. The maximum absolute atomic E-state index is 12.0. The molecule has 7 nitrogen and oxygen atoms in total. The van der Waals surface area contributed by atoms with E-state index in [-0.39, 0.29) is 11.4 Å². The minimum Gasteiger partial charge on any atom is -0.490 e. The monoisotopic (exact) mass is 292 g/mol. The zero-order chi connectivity index (χ0) is 15.7. The maximum Gasteiger partial charge on any atom is 0.354 e.